The second-order valence-corrected chi connectivity index (χ2v) is 5.45. The molecular weight excluding hydrogens is 328 g/mol. The van der Waals surface area contributed by atoms with Crippen LogP contribution in [0.15, 0.2) is 33.5 Å². The van der Waals surface area contributed by atoms with Crippen molar-refractivity contribution < 1.29 is 19.1 Å². The number of carboxylic acids is 1. The molecule has 0 radical (unpaired) electrons. The van der Waals surface area contributed by atoms with Gasteiger partial charge in [0.1, 0.15) is 16.9 Å². The number of fused-ring (bicyclic) bond motifs is 1. The molecule has 0 saturated heterocycles. The van der Waals surface area contributed by atoms with Crippen LogP contribution in [0.2, 0.25) is 0 Å². The number of nitrogens with zero attached hydrogens (tertiary/aromatic N) is 3. The number of aromatic amines is 1. The zero-order chi connectivity index (χ0) is 17.6. The van der Waals surface area contributed by atoms with E-state index in [-0.39, 0.29) is 17.8 Å². The molecule has 2 N–H and O–H groups in total. The first-order valence-electron chi connectivity index (χ1n) is 7.80. The van der Waals surface area contributed by atoms with E-state index < -0.39 is 11.6 Å². The number of H-pyrrole nitrogens is 1. The third kappa shape index (κ3) is 4.19. The highest BCUT2D eigenvalue weighted by Crippen LogP contribution is 2.23. The van der Waals surface area contributed by atoms with Crippen molar-refractivity contribution in [2.75, 3.05) is 6.61 Å². The number of rotatable bonds is 8. The van der Waals surface area contributed by atoms with Crippen molar-refractivity contribution in [3.8, 4) is 17.1 Å². The monoisotopic (exact) mass is 344 g/mol. The number of hydrogen-bond acceptors (Lipinski definition) is 7. The Labute approximate surface area is 141 Å². The molecule has 2 heterocycles. The van der Waals surface area contributed by atoms with Gasteiger partial charge in [-0.15, -0.1) is 5.10 Å². The normalized spacial score (nSPS) is 10.9. The predicted octanol–water partition coefficient (Wildman–Crippen LogP) is 2.00. The molecular formula is C16H16N4O5. The Hall–Kier alpha value is -3.23. The van der Waals surface area contributed by atoms with Crippen molar-refractivity contribution in [1.29, 1.82) is 0 Å². The number of tetrazole rings is 1. The summed E-state index contributed by atoms with van der Waals surface area (Å²) in [4.78, 5) is 22.5. The van der Waals surface area contributed by atoms with Gasteiger partial charge in [0.05, 0.1) is 6.61 Å². The van der Waals surface area contributed by atoms with Crippen molar-refractivity contribution in [2.45, 2.75) is 25.7 Å². The first-order valence-corrected chi connectivity index (χ1v) is 7.80. The van der Waals surface area contributed by atoms with Crippen LogP contribution < -0.4 is 10.4 Å². The van der Waals surface area contributed by atoms with Crippen molar-refractivity contribution in [3.63, 3.8) is 0 Å². The number of carbonyl (C=O) groups is 1. The fourth-order valence-electron chi connectivity index (χ4n) is 2.36. The van der Waals surface area contributed by atoms with Crippen molar-refractivity contribution in [2.24, 2.45) is 0 Å². The Morgan fingerprint density at radius 1 is 1.24 bits per heavy atom. The van der Waals surface area contributed by atoms with Gasteiger partial charge in [-0.2, -0.15) is 0 Å². The number of aromatic nitrogens is 4. The van der Waals surface area contributed by atoms with Gasteiger partial charge in [-0.05, 0) is 47.9 Å². The van der Waals surface area contributed by atoms with Gasteiger partial charge in [0, 0.05) is 17.9 Å². The second-order valence-electron chi connectivity index (χ2n) is 5.45. The van der Waals surface area contributed by atoms with E-state index in [2.05, 4.69) is 20.6 Å². The van der Waals surface area contributed by atoms with E-state index in [4.69, 9.17) is 14.3 Å². The van der Waals surface area contributed by atoms with Gasteiger partial charge < -0.3 is 14.3 Å². The Bertz CT molecular complexity index is 920. The van der Waals surface area contributed by atoms with Crippen LogP contribution in [0.25, 0.3) is 22.4 Å². The summed E-state index contributed by atoms with van der Waals surface area (Å²) < 4.78 is 10.9. The summed E-state index contributed by atoms with van der Waals surface area (Å²) >= 11 is 0. The highest BCUT2D eigenvalue weighted by atomic mass is 16.5. The molecule has 130 valence electrons. The zero-order valence-electron chi connectivity index (χ0n) is 13.3. The van der Waals surface area contributed by atoms with E-state index in [9.17, 15) is 9.59 Å². The van der Waals surface area contributed by atoms with Gasteiger partial charge in [-0.25, -0.2) is 9.89 Å². The topological polar surface area (TPSA) is 131 Å². The summed E-state index contributed by atoms with van der Waals surface area (Å²) in [5.41, 5.74) is 0.117. The smallest absolute Gasteiger partial charge is 0.347 e. The van der Waals surface area contributed by atoms with Crippen LogP contribution in [-0.4, -0.2) is 38.3 Å². The van der Waals surface area contributed by atoms with E-state index in [0.29, 0.717) is 24.4 Å². The molecule has 0 aliphatic rings. The van der Waals surface area contributed by atoms with Gasteiger partial charge in [-0.3, -0.25) is 4.79 Å². The lowest BCUT2D eigenvalue weighted by molar-refractivity contribution is -0.137. The molecule has 3 rings (SSSR count). The maximum absolute atomic E-state index is 12.1. The standard InChI is InChI=1S/C16H16N4O5/c21-14(22)4-2-1-3-7-24-11-6-5-10-8-12(15-17-19-20-18-15)16(23)25-13(10)9-11/h5-6,8-9H,1-4,7H2,(H,21,22)(H,17,18,19,20). The third-order valence-corrected chi connectivity index (χ3v) is 3.61. The van der Waals surface area contributed by atoms with E-state index >= 15 is 0 Å². The molecule has 0 unspecified atom stereocenters. The van der Waals surface area contributed by atoms with Crippen LogP contribution in [0.3, 0.4) is 0 Å². The average molecular weight is 344 g/mol. The first-order chi connectivity index (χ1) is 12.1. The fourth-order valence-corrected chi connectivity index (χ4v) is 2.36. The lowest BCUT2D eigenvalue weighted by Crippen LogP contribution is -2.04. The summed E-state index contributed by atoms with van der Waals surface area (Å²) in [7, 11) is 0. The highest BCUT2D eigenvalue weighted by Gasteiger charge is 2.11. The fraction of sp³-hybridized carbons (Fsp3) is 0.312. The Morgan fingerprint density at radius 2 is 2.12 bits per heavy atom. The molecule has 1 aromatic carbocycles. The molecule has 0 aliphatic heterocycles. The van der Waals surface area contributed by atoms with E-state index in [1.807, 2.05) is 0 Å². The minimum Gasteiger partial charge on any atom is -0.493 e. The first kappa shape index (κ1) is 16.6. The summed E-state index contributed by atoms with van der Waals surface area (Å²) in [5, 5.41) is 22.4. The number of ether oxygens (including phenoxy) is 1. The van der Waals surface area contributed by atoms with Crippen molar-refractivity contribution >= 4 is 16.9 Å². The number of aliphatic carboxylic acids is 1. The van der Waals surface area contributed by atoms with Gasteiger partial charge in [0.2, 0.25) is 0 Å². The van der Waals surface area contributed by atoms with Crippen molar-refractivity contribution in [1.82, 2.24) is 20.6 Å². The minimum atomic E-state index is -0.786. The van der Waals surface area contributed by atoms with E-state index in [1.165, 1.54) is 0 Å². The van der Waals surface area contributed by atoms with E-state index in [0.717, 1.165) is 18.2 Å². The number of carboxylic acid groups (broad SMARTS) is 1. The van der Waals surface area contributed by atoms with Crippen LogP contribution in [0.1, 0.15) is 25.7 Å². The molecule has 0 atom stereocenters. The number of benzene rings is 1. The molecule has 0 saturated carbocycles. The Morgan fingerprint density at radius 3 is 2.88 bits per heavy atom. The van der Waals surface area contributed by atoms with Crippen LogP contribution >= 0.6 is 0 Å². The largest absolute Gasteiger partial charge is 0.493 e. The molecule has 0 amide bonds. The summed E-state index contributed by atoms with van der Waals surface area (Å²) in [6, 6.07) is 6.86. The maximum atomic E-state index is 12.1. The SMILES string of the molecule is O=C(O)CCCCCOc1ccc2cc(-c3nnn[nH]3)c(=O)oc2c1. The lowest BCUT2D eigenvalue weighted by atomic mass is 10.1. The molecule has 0 spiro atoms. The highest BCUT2D eigenvalue weighted by molar-refractivity contribution is 5.81. The number of unbranched alkanes of at least 4 members (excludes halogenated alkanes) is 2. The van der Waals surface area contributed by atoms with Crippen LogP contribution in [-0.2, 0) is 4.79 Å². The van der Waals surface area contributed by atoms with Crippen LogP contribution in [0.4, 0.5) is 0 Å². The molecule has 9 nitrogen and oxygen atoms in total. The van der Waals surface area contributed by atoms with Gasteiger partial charge >= 0.3 is 11.6 Å². The van der Waals surface area contributed by atoms with Gasteiger partial charge in [0.15, 0.2) is 5.82 Å². The van der Waals surface area contributed by atoms with Crippen molar-refractivity contribution in [3.05, 3.63) is 34.7 Å². The predicted molar refractivity (Wildman–Crippen MR) is 87.3 cm³/mol. The lowest BCUT2D eigenvalue weighted by Gasteiger charge is -2.07. The Kier molecular flexibility index (Phi) is 5.03. The molecule has 0 bridgehead atoms. The molecule has 3 aromatic rings. The van der Waals surface area contributed by atoms with Gasteiger partial charge in [0.25, 0.3) is 0 Å². The van der Waals surface area contributed by atoms with E-state index in [1.54, 1.807) is 24.3 Å². The quantitative estimate of drug-likeness (QED) is 0.468. The summed E-state index contributed by atoms with van der Waals surface area (Å²) in [5.74, 6) is 0.0475. The van der Waals surface area contributed by atoms with Gasteiger partial charge in [-0.1, -0.05) is 0 Å². The summed E-state index contributed by atoms with van der Waals surface area (Å²) in [6.07, 6.45) is 2.34. The molecule has 0 aliphatic carbocycles. The number of nitrogens with one attached hydrogen (secondary N) is 1. The Balaban J connectivity index is 1.65. The summed E-state index contributed by atoms with van der Waals surface area (Å²) in [6.45, 7) is 0.469. The van der Waals surface area contributed by atoms with Crippen LogP contribution in [0.5, 0.6) is 5.75 Å². The zero-order valence-corrected chi connectivity index (χ0v) is 13.3. The molecule has 0 fully saturated rings. The second kappa shape index (κ2) is 7.56. The number of hydrogen-bond donors (Lipinski definition) is 2. The third-order valence-electron chi connectivity index (χ3n) is 3.61. The molecule has 9 heteroatoms. The molecule has 2 aromatic heterocycles. The minimum absolute atomic E-state index is 0.171. The average Bonchev–Trinajstić information content (AvgIpc) is 3.11. The van der Waals surface area contributed by atoms with Crippen LogP contribution in [0, 0.1) is 0 Å². The maximum Gasteiger partial charge on any atom is 0.347 e. The molecule has 25 heavy (non-hydrogen) atoms.